The smallest absolute Gasteiger partial charge is 0.251 e. The standard InChI is InChI=1S/C20H25N3O4S/c1-5-22-28(26,27)17-8-6-7-16(11-17)20(25)21-12-18(24)23-19-14(3)9-13(2)10-15(19)4/h6-11,22H,5,12H2,1-4H3,(H,21,25)(H,23,24). The predicted octanol–water partition coefficient (Wildman–Crippen LogP) is 2.28. The molecule has 8 heteroatoms. The topological polar surface area (TPSA) is 104 Å². The van der Waals surface area contributed by atoms with Crippen molar-refractivity contribution in [2.75, 3.05) is 18.4 Å². The number of nitrogens with one attached hydrogen (secondary N) is 3. The third-order valence-corrected chi connectivity index (χ3v) is 5.64. The Hall–Kier alpha value is -2.71. The van der Waals surface area contributed by atoms with Crippen molar-refractivity contribution in [3.63, 3.8) is 0 Å². The molecule has 0 atom stereocenters. The lowest BCUT2D eigenvalue weighted by molar-refractivity contribution is -0.115. The Balaban J connectivity index is 2.04. The van der Waals surface area contributed by atoms with E-state index < -0.39 is 15.9 Å². The first-order valence-corrected chi connectivity index (χ1v) is 10.4. The Labute approximate surface area is 165 Å². The number of carbonyl (C=O) groups is 2. The molecule has 0 unspecified atom stereocenters. The average molecular weight is 404 g/mol. The molecule has 2 aromatic carbocycles. The molecule has 0 aliphatic heterocycles. The van der Waals surface area contributed by atoms with E-state index in [2.05, 4.69) is 15.4 Å². The van der Waals surface area contributed by atoms with Crippen LogP contribution in [-0.4, -0.2) is 33.3 Å². The van der Waals surface area contributed by atoms with Crippen LogP contribution in [0.25, 0.3) is 0 Å². The molecule has 0 aliphatic rings. The third kappa shape index (κ3) is 5.40. The zero-order valence-electron chi connectivity index (χ0n) is 16.4. The normalized spacial score (nSPS) is 11.1. The quantitative estimate of drug-likeness (QED) is 0.660. The molecule has 0 aromatic heterocycles. The molecule has 2 amide bonds. The second-order valence-electron chi connectivity index (χ2n) is 6.53. The minimum atomic E-state index is -3.66. The SMILES string of the molecule is CCNS(=O)(=O)c1cccc(C(=O)NCC(=O)Nc2c(C)cc(C)cc2C)c1. The summed E-state index contributed by atoms with van der Waals surface area (Å²) < 4.78 is 26.5. The molecular weight excluding hydrogens is 378 g/mol. The van der Waals surface area contributed by atoms with E-state index in [1.807, 2.05) is 32.9 Å². The number of amides is 2. The van der Waals surface area contributed by atoms with Gasteiger partial charge in [-0.1, -0.05) is 30.7 Å². The number of rotatable bonds is 7. The van der Waals surface area contributed by atoms with E-state index in [9.17, 15) is 18.0 Å². The van der Waals surface area contributed by atoms with Gasteiger partial charge in [-0.2, -0.15) is 0 Å². The summed E-state index contributed by atoms with van der Waals surface area (Å²) in [5, 5.41) is 5.32. The van der Waals surface area contributed by atoms with Gasteiger partial charge in [0.05, 0.1) is 11.4 Å². The van der Waals surface area contributed by atoms with Crippen molar-refractivity contribution in [1.29, 1.82) is 0 Å². The lowest BCUT2D eigenvalue weighted by Gasteiger charge is -2.13. The Morgan fingerprint density at radius 2 is 1.64 bits per heavy atom. The molecule has 0 fully saturated rings. The monoisotopic (exact) mass is 403 g/mol. The Morgan fingerprint density at radius 3 is 2.25 bits per heavy atom. The highest BCUT2D eigenvalue weighted by atomic mass is 32.2. The number of anilines is 1. The minimum absolute atomic E-state index is 0.00245. The number of hydrogen-bond acceptors (Lipinski definition) is 4. The Morgan fingerprint density at radius 1 is 1.00 bits per heavy atom. The van der Waals surface area contributed by atoms with E-state index in [1.165, 1.54) is 24.3 Å². The number of benzene rings is 2. The molecule has 0 saturated heterocycles. The maximum Gasteiger partial charge on any atom is 0.251 e. The Bertz CT molecular complexity index is 977. The number of aryl methyl sites for hydroxylation is 3. The van der Waals surface area contributed by atoms with Gasteiger partial charge in [-0.3, -0.25) is 9.59 Å². The summed E-state index contributed by atoms with van der Waals surface area (Å²) in [5.41, 5.74) is 3.88. The van der Waals surface area contributed by atoms with Gasteiger partial charge in [-0.15, -0.1) is 0 Å². The number of sulfonamides is 1. The van der Waals surface area contributed by atoms with Crippen LogP contribution < -0.4 is 15.4 Å². The van der Waals surface area contributed by atoms with Crippen LogP contribution in [0.2, 0.25) is 0 Å². The Kier molecular flexibility index (Phi) is 6.93. The molecule has 0 radical (unpaired) electrons. The van der Waals surface area contributed by atoms with Crippen molar-refractivity contribution >= 4 is 27.5 Å². The highest BCUT2D eigenvalue weighted by molar-refractivity contribution is 7.89. The van der Waals surface area contributed by atoms with Crippen molar-refractivity contribution in [3.8, 4) is 0 Å². The van der Waals surface area contributed by atoms with Gasteiger partial charge in [0.2, 0.25) is 15.9 Å². The second kappa shape index (κ2) is 8.99. The van der Waals surface area contributed by atoms with Crippen LogP contribution in [0.3, 0.4) is 0 Å². The van der Waals surface area contributed by atoms with E-state index in [1.54, 1.807) is 6.92 Å². The summed E-state index contributed by atoms with van der Waals surface area (Å²) in [7, 11) is -3.66. The molecule has 0 heterocycles. The number of carbonyl (C=O) groups excluding carboxylic acids is 2. The van der Waals surface area contributed by atoms with Gasteiger partial charge in [0.15, 0.2) is 0 Å². The summed E-state index contributed by atoms with van der Waals surface area (Å²) in [4.78, 5) is 24.5. The van der Waals surface area contributed by atoms with Gasteiger partial charge in [-0.05, 0) is 50.1 Å². The van der Waals surface area contributed by atoms with Crippen molar-refractivity contribution < 1.29 is 18.0 Å². The van der Waals surface area contributed by atoms with Gasteiger partial charge in [0.1, 0.15) is 0 Å². The van der Waals surface area contributed by atoms with Gasteiger partial charge < -0.3 is 10.6 Å². The molecule has 0 spiro atoms. The fraction of sp³-hybridized carbons (Fsp3) is 0.300. The van der Waals surface area contributed by atoms with Gasteiger partial charge in [-0.25, -0.2) is 13.1 Å². The first-order valence-electron chi connectivity index (χ1n) is 8.89. The molecule has 150 valence electrons. The van der Waals surface area contributed by atoms with Crippen LogP contribution in [0.5, 0.6) is 0 Å². The molecule has 0 bridgehead atoms. The molecule has 7 nitrogen and oxygen atoms in total. The molecule has 2 aromatic rings. The summed E-state index contributed by atoms with van der Waals surface area (Å²) in [6.07, 6.45) is 0. The first kappa shape index (κ1) is 21.6. The fourth-order valence-corrected chi connectivity index (χ4v) is 3.99. The maximum absolute atomic E-state index is 12.3. The molecule has 0 saturated carbocycles. The van der Waals surface area contributed by atoms with E-state index >= 15 is 0 Å². The molecule has 3 N–H and O–H groups in total. The van der Waals surface area contributed by atoms with Crippen LogP contribution >= 0.6 is 0 Å². The molecule has 0 aliphatic carbocycles. The summed E-state index contributed by atoms with van der Waals surface area (Å²) >= 11 is 0. The third-order valence-electron chi connectivity index (χ3n) is 4.09. The lowest BCUT2D eigenvalue weighted by atomic mass is 10.1. The summed E-state index contributed by atoms with van der Waals surface area (Å²) in [6.45, 7) is 7.49. The van der Waals surface area contributed by atoms with Crippen LogP contribution in [0.15, 0.2) is 41.3 Å². The fourth-order valence-electron chi connectivity index (χ4n) is 2.90. The van der Waals surface area contributed by atoms with Crippen molar-refractivity contribution in [2.24, 2.45) is 0 Å². The zero-order valence-corrected chi connectivity index (χ0v) is 17.2. The molecular formula is C20H25N3O4S. The second-order valence-corrected chi connectivity index (χ2v) is 8.30. The van der Waals surface area contributed by atoms with Crippen LogP contribution in [0.1, 0.15) is 34.0 Å². The first-order chi connectivity index (χ1) is 13.1. The number of hydrogen-bond donors (Lipinski definition) is 3. The predicted molar refractivity (Wildman–Crippen MR) is 109 cm³/mol. The van der Waals surface area contributed by atoms with E-state index in [-0.39, 0.29) is 29.5 Å². The van der Waals surface area contributed by atoms with Gasteiger partial charge >= 0.3 is 0 Å². The van der Waals surface area contributed by atoms with Crippen LogP contribution in [0, 0.1) is 20.8 Å². The van der Waals surface area contributed by atoms with Crippen molar-refractivity contribution in [1.82, 2.24) is 10.0 Å². The van der Waals surface area contributed by atoms with Crippen molar-refractivity contribution in [2.45, 2.75) is 32.6 Å². The molecule has 2 rings (SSSR count). The van der Waals surface area contributed by atoms with E-state index in [4.69, 9.17) is 0 Å². The summed E-state index contributed by atoms with van der Waals surface area (Å²) in [6, 6.07) is 9.60. The van der Waals surface area contributed by atoms with Gasteiger partial charge in [0, 0.05) is 17.8 Å². The van der Waals surface area contributed by atoms with Crippen LogP contribution in [-0.2, 0) is 14.8 Å². The van der Waals surface area contributed by atoms with Crippen molar-refractivity contribution in [3.05, 3.63) is 58.7 Å². The summed E-state index contributed by atoms with van der Waals surface area (Å²) in [5.74, 6) is -0.888. The van der Waals surface area contributed by atoms with E-state index in [0.29, 0.717) is 0 Å². The highest BCUT2D eigenvalue weighted by Crippen LogP contribution is 2.21. The lowest BCUT2D eigenvalue weighted by Crippen LogP contribution is -2.33. The zero-order chi connectivity index (χ0) is 20.9. The largest absolute Gasteiger partial charge is 0.343 e. The molecule has 28 heavy (non-hydrogen) atoms. The van der Waals surface area contributed by atoms with Crippen LogP contribution in [0.4, 0.5) is 5.69 Å². The minimum Gasteiger partial charge on any atom is -0.343 e. The van der Waals surface area contributed by atoms with E-state index in [0.717, 1.165) is 22.4 Å². The highest BCUT2D eigenvalue weighted by Gasteiger charge is 2.16. The van der Waals surface area contributed by atoms with Gasteiger partial charge in [0.25, 0.3) is 5.91 Å². The average Bonchev–Trinajstić information content (AvgIpc) is 2.62. The maximum atomic E-state index is 12.3.